The molecule has 0 spiro atoms. The first kappa shape index (κ1) is 17.6. The van der Waals surface area contributed by atoms with Crippen LogP contribution in [0.4, 0.5) is 5.69 Å². The van der Waals surface area contributed by atoms with Gasteiger partial charge < -0.3 is 10.2 Å². The standard InChI is InChI=1S/C22H30N2O2/c25-21(23-19-7-2-1-3-8-19)17-10-12-18(13-11-17)22(26)24-15-14-16-6-4-5-9-20(16)24/h4-6,9,17-19H,1-3,7-8,10-15H2,(H,23,25). The molecule has 0 aromatic heterocycles. The molecule has 0 radical (unpaired) electrons. The summed E-state index contributed by atoms with van der Waals surface area (Å²) < 4.78 is 0. The normalized spacial score (nSPS) is 26.4. The number of fused-ring (bicyclic) bond motifs is 1. The highest BCUT2D eigenvalue weighted by molar-refractivity contribution is 5.97. The van der Waals surface area contributed by atoms with Gasteiger partial charge in [-0.2, -0.15) is 0 Å². The van der Waals surface area contributed by atoms with Crippen LogP contribution < -0.4 is 10.2 Å². The van der Waals surface area contributed by atoms with Gasteiger partial charge in [0.2, 0.25) is 11.8 Å². The van der Waals surface area contributed by atoms with Gasteiger partial charge in [-0.15, -0.1) is 0 Å². The van der Waals surface area contributed by atoms with Crippen molar-refractivity contribution in [3.8, 4) is 0 Å². The lowest BCUT2D eigenvalue weighted by Crippen LogP contribution is -2.42. The van der Waals surface area contributed by atoms with E-state index in [0.717, 1.165) is 57.2 Å². The molecule has 2 aliphatic carbocycles. The molecule has 4 rings (SSSR count). The van der Waals surface area contributed by atoms with E-state index >= 15 is 0 Å². The minimum atomic E-state index is 0.0832. The van der Waals surface area contributed by atoms with Crippen LogP contribution in [0.25, 0.3) is 0 Å². The average molecular weight is 354 g/mol. The van der Waals surface area contributed by atoms with Crippen molar-refractivity contribution < 1.29 is 9.59 Å². The van der Waals surface area contributed by atoms with Crippen molar-refractivity contribution in [2.45, 2.75) is 70.3 Å². The highest BCUT2D eigenvalue weighted by Crippen LogP contribution is 2.34. The van der Waals surface area contributed by atoms with Crippen LogP contribution in [0.5, 0.6) is 0 Å². The smallest absolute Gasteiger partial charge is 0.230 e. The maximum absolute atomic E-state index is 13.0. The molecule has 0 unspecified atom stereocenters. The number of hydrogen-bond donors (Lipinski definition) is 1. The summed E-state index contributed by atoms with van der Waals surface area (Å²) in [6.45, 7) is 0.806. The van der Waals surface area contributed by atoms with Gasteiger partial charge in [-0.25, -0.2) is 0 Å². The third-order valence-electron chi connectivity index (χ3n) is 6.55. The number of hydrogen-bond acceptors (Lipinski definition) is 2. The van der Waals surface area contributed by atoms with Crippen LogP contribution in [-0.4, -0.2) is 24.4 Å². The predicted octanol–water partition coefficient (Wildman–Crippen LogP) is 3.83. The van der Waals surface area contributed by atoms with Crippen molar-refractivity contribution in [3.05, 3.63) is 29.8 Å². The van der Waals surface area contributed by atoms with Crippen molar-refractivity contribution in [1.29, 1.82) is 0 Å². The Morgan fingerprint density at radius 1 is 0.885 bits per heavy atom. The van der Waals surface area contributed by atoms with Crippen LogP contribution in [0.1, 0.15) is 63.4 Å². The van der Waals surface area contributed by atoms with Crippen molar-refractivity contribution in [2.24, 2.45) is 11.8 Å². The Morgan fingerprint density at radius 3 is 2.35 bits per heavy atom. The van der Waals surface area contributed by atoms with Gasteiger partial charge in [0.05, 0.1) is 0 Å². The van der Waals surface area contributed by atoms with Gasteiger partial charge in [0, 0.05) is 30.1 Å². The predicted molar refractivity (Wildman–Crippen MR) is 103 cm³/mol. The van der Waals surface area contributed by atoms with E-state index in [-0.39, 0.29) is 23.7 Å². The molecule has 4 nitrogen and oxygen atoms in total. The lowest BCUT2D eigenvalue weighted by molar-refractivity contribution is -0.130. The lowest BCUT2D eigenvalue weighted by Gasteiger charge is -2.31. The summed E-state index contributed by atoms with van der Waals surface area (Å²) >= 11 is 0. The fourth-order valence-electron chi connectivity index (χ4n) is 4.96. The number of nitrogens with zero attached hydrogens (tertiary/aromatic N) is 1. The van der Waals surface area contributed by atoms with E-state index in [0.29, 0.717) is 6.04 Å². The lowest BCUT2D eigenvalue weighted by atomic mass is 9.80. The average Bonchev–Trinajstić information content (AvgIpc) is 3.12. The second-order valence-electron chi connectivity index (χ2n) is 8.26. The van der Waals surface area contributed by atoms with Crippen molar-refractivity contribution in [1.82, 2.24) is 5.32 Å². The molecule has 0 atom stereocenters. The third kappa shape index (κ3) is 3.65. The van der Waals surface area contributed by atoms with Crippen LogP contribution in [0, 0.1) is 11.8 Å². The first-order valence-electron chi connectivity index (χ1n) is 10.4. The highest BCUT2D eigenvalue weighted by Gasteiger charge is 2.35. The highest BCUT2D eigenvalue weighted by atomic mass is 16.2. The Kier molecular flexibility index (Phi) is 5.28. The monoisotopic (exact) mass is 354 g/mol. The molecule has 1 aromatic rings. The summed E-state index contributed by atoms with van der Waals surface area (Å²) in [7, 11) is 0. The van der Waals surface area contributed by atoms with Gasteiger partial charge in [0.15, 0.2) is 0 Å². The first-order chi connectivity index (χ1) is 12.7. The second-order valence-corrected chi connectivity index (χ2v) is 8.26. The summed E-state index contributed by atoms with van der Waals surface area (Å²) in [4.78, 5) is 27.5. The molecule has 2 amide bonds. The maximum Gasteiger partial charge on any atom is 0.230 e. The van der Waals surface area contributed by atoms with Gasteiger partial charge in [-0.1, -0.05) is 37.5 Å². The van der Waals surface area contributed by atoms with Crippen LogP contribution in [0.15, 0.2) is 24.3 Å². The van der Waals surface area contributed by atoms with Crippen LogP contribution in [-0.2, 0) is 16.0 Å². The molecule has 0 bridgehead atoms. The van der Waals surface area contributed by atoms with E-state index in [9.17, 15) is 9.59 Å². The fraction of sp³-hybridized carbons (Fsp3) is 0.636. The van der Waals surface area contributed by atoms with E-state index in [2.05, 4.69) is 17.4 Å². The Bertz CT molecular complexity index is 658. The summed E-state index contributed by atoms with van der Waals surface area (Å²) in [5.41, 5.74) is 2.37. The summed E-state index contributed by atoms with van der Waals surface area (Å²) in [6.07, 6.45) is 10.4. The van der Waals surface area contributed by atoms with Crippen molar-refractivity contribution >= 4 is 17.5 Å². The minimum absolute atomic E-state index is 0.0832. The Hall–Kier alpha value is -1.84. The van der Waals surface area contributed by atoms with Gasteiger partial charge in [0.1, 0.15) is 0 Å². The van der Waals surface area contributed by atoms with E-state index in [1.165, 1.54) is 24.8 Å². The van der Waals surface area contributed by atoms with Gasteiger partial charge in [-0.3, -0.25) is 9.59 Å². The Balaban J connectivity index is 1.29. The maximum atomic E-state index is 13.0. The quantitative estimate of drug-likeness (QED) is 0.897. The number of carbonyl (C=O) groups is 2. The molecule has 2 fully saturated rings. The summed E-state index contributed by atoms with van der Waals surface area (Å²) in [5, 5.41) is 3.27. The molecule has 4 heteroatoms. The third-order valence-corrected chi connectivity index (χ3v) is 6.55. The molecule has 1 aliphatic heterocycles. The van der Waals surface area contributed by atoms with E-state index in [1.807, 2.05) is 17.0 Å². The number of benzene rings is 1. The van der Waals surface area contributed by atoms with Gasteiger partial charge in [0.25, 0.3) is 0 Å². The molecule has 1 N–H and O–H groups in total. The van der Waals surface area contributed by atoms with E-state index in [1.54, 1.807) is 0 Å². The topological polar surface area (TPSA) is 49.4 Å². The Morgan fingerprint density at radius 2 is 1.58 bits per heavy atom. The van der Waals surface area contributed by atoms with E-state index in [4.69, 9.17) is 0 Å². The molecule has 1 aromatic carbocycles. The van der Waals surface area contributed by atoms with Crippen molar-refractivity contribution in [3.63, 3.8) is 0 Å². The molecule has 140 valence electrons. The second kappa shape index (κ2) is 7.81. The molecular weight excluding hydrogens is 324 g/mol. The van der Waals surface area contributed by atoms with Crippen LogP contribution in [0.2, 0.25) is 0 Å². The minimum Gasteiger partial charge on any atom is -0.353 e. The Labute approximate surface area is 156 Å². The zero-order valence-corrected chi connectivity index (χ0v) is 15.6. The summed E-state index contributed by atoms with van der Waals surface area (Å²) in [5.74, 6) is 0.683. The van der Waals surface area contributed by atoms with Crippen LogP contribution in [0.3, 0.4) is 0 Å². The molecule has 26 heavy (non-hydrogen) atoms. The molecule has 1 heterocycles. The number of anilines is 1. The van der Waals surface area contributed by atoms with E-state index < -0.39 is 0 Å². The number of amides is 2. The largest absolute Gasteiger partial charge is 0.353 e. The van der Waals surface area contributed by atoms with Crippen molar-refractivity contribution in [2.75, 3.05) is 11.4 Å². The number of para-hydroxylation sites is 1. The SMILES string of the molecule is O=C(NC1CCCCC1)C1CCC(C(=O)N2CCc3ccccc32)CC1. The first-order valence-corrected chi connectivity index (χ1v) is 10.4. The molecular formula is C22H30N2O2. The number of nitrogens with one attached hydrogen (secondary N) is 1. The molecule has 2 saturated carbocycles. The van der Waals surface area contributed by atoms with Gasteiger partial charge >= 0.3 is 0 Å². The zero-order valence-electron chi connectivity index (χ0n) is 15.6. The fourth-order valence-corrected chi connectivity index (χ4v) is 4.96. The van der Waals surface area contributed by atoms with Gasteiger partial charge in [-0.05, 0) is 56.6 Å². The number of carbonyl (C=O) groups excluding carboxylic acids is 2. The molecule has 0 saturated heterocycles. The zero-order chi connectivity index (χ0) is 17.9. The summed E-state index contributed by atoms with van der Waals surface area (Å²) in [6, 6.07) is 8.62. The number of rotatable bonds is 3. The van der Waals surface area contributed by atoms with Crippen LogP contribution >= 0.6 is 0 Å². The molecule has 3 aliphatic rings.